The third kappa shape index (κ3) is 3.93. The molecule has 2 unspecified atom stereocenters. The summed E-state index contributed by atoms with van der Waals surface area (Å²) >= 11 is 3.24. The fourth-order valence-electron chi connectivity index (χ4n) is 1.46. The van der Waals surface area contributed by atoms with Crippen LogP contribution in [0.2, 0.25) is 0 Å². The Morgan fingerprint density at radius 1 is 1.42 bits per heavy atom. The van der Waals surface area contributed by atoms with E-state index in [-0.39, 0.29) is 5.56 Å². The molecule has 0 aliphatic heterocycles. The van der Waals surface area contributed by atoms with Gasteiger partial charge in [0.05, 0.1) is 18.8 Å². The average Bonchev–Trinajstić information content (AvgIpc) is 2.34. The van der Waals surface area contributed by atoms with Crippen molar-refractivity contribution >= 4 is 27.8 Å². The molecule has 1 aromatic rings. The van der Waals surface area contributed by atoms with Gasteiger partial charge in [0.15, 0.2) is 6.04 Å². The number of carbonyl (C=O) groups is 2. The number of carbonyl (C=O) groups excluding carboxylic acids is 1. The van der Waals surface area contributed by atoms with Crippen LogP contribution in [0.25, 0.3) is 0 Å². The molecule has 1 amide bonds. The summed E-state index contributed by atoms with van der Waals surface area (Å²) in [5.74, 6) is -1.63. The highest BCUT2D eigenvalue weighted by Gasteiger charge is 2.26. The molecule has 0 bridgehead atoms. The molecule has 0 aromatic heterocycles. The predicted octanol–water partition coefficient (Wildman–Crippen LogP) is 1.02. The zero-order valence-electron chi connectivity index (χ0n) is 10.4. The second-order valence-corrected chi connectivity index (χ2v) is 4.79. The Balaban J connectivity index is 2.97. The smallest absolute Gasteiger partial charge is 0.328 e. The Morgan fingerprint density at radius 2 is 2.05 bits per heavy atom. The van der Waals surface area contributed by atoms with Crippen LogP contribution in [0.3, 0.4) is 0 Å². The molecule has 0 spiro atoms. The number of hydrogen-bond acceptors (Lipinski definition) is 4. The summed E-state index contributed by atoms with van der Waals surface area (Å²) in [5, 5.41) is 20.5. The number of amides is 1. The van der Waals surface area contributed by atoms with Crippen LogP contribution in [0, 0.1) is 0 Å². The zero-order valence-corrected chi connectivity index (χ0v) is 12.0. The summed E-state index contributed by atoms with van der Waals surface area (Å²) in [7, 11) is 1.40. The maximum Gasteiger partial charge on any atom is 0.328 e. The van der Waals surface area contributed by atoms with Gasteiger partial charge in [-0.1, -0.05) is 15.9 Å². The fourth-order valence-corrected chi connectivity index (χ4v) is 1.80. The molecule has 0 aliphatic rings. The van der Waals surface area contributed by atoms with Gasteiger partial charge in [0.1, 0.15) is 5.75 Å². The van der Waals surface area contributed by atoms with Gasteiger partial charge in [-0.2, -0.15) is 0 Å². The molecular weight excluding hydrogens is 318 g/mol. The van der Waals surface area contributed by atoms with Gasteiger partial charge in [-0.3, -0.25) is 4.79 Å². The van der Waals surface area contributed by atoms with Gasteiger partial charge in [-0.25, -0.2) is 4.79 Å². The van der Waals surface area contributed by atoms with Crippen LogP contribution >= 0.6 is 15.9 Å². The molecule has 0 fully saturated rings. The number of methoxy groups -OCH3 is 1. The van der Waals surface area contributed by atoms with E-state index in [2.05, 4.69) is 21.2 Å². The average molecular weight is 332 g/mol. The Hall–Kier alpha value is -1.60. The van der Waals surface area contributed by atoms with Gasteiger partial charge < -0.3 is 20.3 Å². The third-order valence-electron chi connectivity index (χ3n) is 2.44. The van der Waals surface area contributed by atoms with E-state index >= 15 is 0 Å². The quantitative estimate of drug-likeness (QED) is 0.748. The van der Waals surface area contributed by atoms with Crippen LogP contribution in [0.1, 0.15) is 17.3 Å². The number of carboxylic acids is 1. The topological polar surface area (TPSA) is 95.9 Å². The van der Waals surface area contributed by atoms with Crippen molar-refractivity contribution in [3.05, 3.63) is 28.2 Å². The molecule has 0 heterocycles. The normalized spacial score (nSPS) is 13.5. The summed E-state index contributed by atoms with van der Waals surface area (Å²) in [6.07, 6.45) is -1.21. The van der Waals surface area contributed by atoms with Crippen LogP contribution < -0.4 is 10.1 Å². The first-order valence-corrected chi connectivity index (χ1v) is 6.21. The summed E-state index contributed by atoms with van der Waals surface area (Å²) in [6.45, 7) is 1.29. The largest absolute Gasteiger partial charge is 0.496 e. The Morgan fingerprint density at radius 3 is 2.53 bits per heavy atom. The Labute approximate surface area is 118 Å². The second-order valence-electron chi connectivity index (χ2n) is 3.87. The van der Waals surface area contributed by atoms with Gasteiger partial charge in [-0.05, 0) is 25.1 Å². The molecule has 7 heteroatoms. The number of aliphatic hydroxyl groups excluding tert-OH is 1. The van der Waals surface area contributed by atoms with Crippen molar-refractivity contribution in [3.63, 3.8) is 0 Å². The molecule has 0 radical (unpaired) electrons. The van der Waals surface area contributed by atoms with Crippen molar-refractivity contribution in [2.24, 2.45) is 0 Å². The fraction of sp³-hybridized carbons (Fsp3) is 0.333. The van der Waals surface area contributed by atoms with Crippen molar-refractivity contribution in [1.82, 2.24) is 5.32 Å². The Bertz CT molecular complexity index is 489. The highest BCUT2D eigenvalue weighted by atomic mass is 79.9. The van der Waals surface area contributed by atoms with E-state index in [1.807, 2.05) is 0 Å². The summed E-state index contributed by atoms with van der Waals surface area (Å²) in [5.41, 5.74) is 0.192. The lowest BCUT2D eigenvalue weighted by Gasteiger charge is -2.18. The maximum atomic E-state index is 12.0. The minimum Gasteiger partial charge on any atom is -0.496 e. The first-order valence-electron chi connectivity index (χ1n) is 5.42. The van der Waals surface area contributed by atoms with E-state index in [0.717, 1.165) is 4.47 Å². The third-order valence-corrected chi connectivity index (χ3v) is 2.94. The summed E-state index contributed by atoms with van der Waals surface area (Å²) in [6, 6.07) is 3.35. The van der Waals surface area contributed by atoms with E-state index in [0.29, 0.717) is 5.75 Å². The molecule has 104 valence electrons. The molecule has 0 saturated heterocycles. The molecule has 3 N–H and O–H groups in total. The van der Waals surface area contributed by atoms with Gasteiger partial charge in [-0.15, -0.1) is 0 Å². The van der Waals surface area contributed by atoms with E-state index in [1.165, 1.54) is 20.1 Å². The molecule has 1 rings (SSSR count). The lowest BCUT2D eigenvalue weighted by atomic mass is 10.1. The van der Waals surface area contributed by atoms with E-state index in [4.69, 9.17) is 9.84 Å². The monoisotopic (exact) mass is 331 g/mol. The second kappa shape index (κ2) is 6.53. The van der Waals surface area contributed by atoms with Gasteiger partial charge in [0, 0.05) is 4.47 Å². The number of benzene rings is 1. The van der Waals surface area contributed by atoms with E-state index in [1.54, 1.807) is 12.1 Å². The van der Waals surface area contributed by atoms with Crippen LogP contribution in [0.5, 0.6) is 5.75 Å². The van der Waals surface area contributed by atoms with Gasteiger partial charge in [0.2, 0.25) is 0 Å². The van der Waals surface area contributed by atoms with E-state index in [9.17, 15) is 14.7 Å². The SMILES string of the molecule is COc1cc(Br)ccc1C(=O)NC(C(=O)O)C(C)O. The Kier molecular flexibility index (Phi) is 5.31. The van der Waals surface area contributed by atoms with Crippen LogP contribution in [-0.2, 0) is 4.79 Å². The van der Waals surface area contributed by atoms with Crippen LogP contribution in [-0.4, -0.2) is 41.3 Å². The molecule has 0 aliphatic carbocycles. The van der Waals surface area contributed by atoms with Crippen molar-refractivity contribution in [2.45, 2.75) is 19.1 Å². The lowest BCUT2D eigenvalue weighted by Crippen LogP contribution is -2.47. The number of ether oxygens (including phenoxy) is 1. The minimum absolute atomic E-state index is 0.192. The van der Waals surface area contributed by atoms with Crippen molar-refractivity contribution in [1.29, 1.82) is 0 Å². The van der Waals surface area contributed by atoms with Crippen molar-refractivity contribution in [3.8, 4) is 5.75 Å². The molecule has 6 nitrogen and oxygen atoms in total. The molecule has 19 heavy (non-hydrogen) atoms. The zero-order chi connectivity index (χ0) is 14.6. The molecule has 1 aromatic carbocycles. The number of hydrogen-bond donors (Lipinski definition) is 3. The lowest BCUT2D eigenvalue weighted by molar-refractivity contribution is -0.141. The number of carboxylic acid groups (broad SMARTS) is 1. The number of nitrogens with one attached hydrogen (secondary N) is 1. The molecule has 2 atom stereocenters. The van der Waals surface area contributed by atoms with Gasteiger partial charge >= 0.3 is 5.97 Å². The standard InChI is InChI=1S/C12H14BrNO5/c1-6(15)10(12(17)18)14-11(16)8-4-3-7(13)5-9(8)19-2/h3-6,10,15H,1-2H3,(H,14,16)(H,17,18). The highest BCUT2D eigenvalue weighted by molar-refractivity contribution is 9.10. The van der Waals surface area contributed by atoms with E-state index < -0.39 is 24.0 Å². The van der Waals surface area contributed by atoms with Crippen LogP contribution in [0.4, 0.5) is 0 Å². The highest BCUT2D eigenvalue weighted by Crippen LogP contribution is 2.23. The maximum absolute atomic E-state index is 12.0. The number of aliphatic carboxylic acids is 1. The number of halogens is 1. The first kappa shape index (κ1) is 15.5. The number of aliphatic hydroxyl groups is 1. The molecule has 0 saturated carbocycles. The van der Waals surface area contributed by atoms with Crippen molar-refractivity contribution < 1.29 is 24.5 Å². The van der Waals surface area contributed by atoms with Crippen molar-refractivity contribution in [2.75, 3.05) is 7.11 Å². The predicted molar refractivity (Wildman–Crippen MR) is 71.3 cm³/mol. The van der Waals surface area contributed by atoms with Gasteiger partial charge in [0.25, 0.3) is 5.91 Å². The summed E-state index contributed by atoms with van der Waals surface area (Å²) < 4.78 is 5.78. The minimum atomic E-state index is -1.37. The summed E-state index contributed by atoms with van der Waals surface area (Å²) in [4.78, 5) is 22.9. The van der Waals surface area contributed by atoms with Crippen LogP contribution in [0.15, 0.2) is 22.7 Å². The number of rotatable bonds is 5. The first-order chi connectivity index (χ1) is 8.86. The molecular formula is C12H14BrNO5.